The Morgan fingerprint density at radius 3 is 2.79 bits per heavy atom. The van der Waals surface area contributed by atoms with Gasteiger partial charge in [0.1, 0.15) is 0 Å². The zero-order valence-corrected chi connectivity index (χ0v) is 10.1. The van der Waals surface area contributed by atoms with Gasteiger partial charge >= 0.3 is 0 Å². The standard InChI is InChI=1S/C11H23NOS/c1-9(14-2)8-12-10-6-4-3-5-7-11(10)13/h9-13H,3-8H2,1-2H3. The van der Waals surface area contributed by atoms with Crippen LogP contribution in [0, 0.1) is 0 Å². The average molecular weight is 217 g/mol. The van der Waals surface area contributed by atoms with E-state index >= 15 is 0 Å². The van der Waals surface area contributed by atoms with E-state index < -0.39 is 0 Å². The van der Waals surface area contributed by atoms with Gasteiger partial charge in [0.25, 0.3) is 0 Å². The van der Waals surface area contributed by atoms with Gasteiger partial charge in [-0.3, -0.25) is 0 Å². The van der Waals surface area contributed by atoms with Crippen molar-refractivity contribution in [3.63, 3.8) is 0 Å². The summed E-state index contributed by atoms with van der Waals surface area (Å²) in [5.41, 5.74) is 0. The van der Waals surface area contributed by atoms with Gasteiger partial charge in [0.2, 0.25) is 0 Å². The van der Waals surface area contributed by atoms with Gasteiger partial charge in [-0.25, -0.2) is 0 Å². The third kappa shape index (κ3) is 4.20. The SMILES string of the molecule is CSC(C)CNC1CCCCCC1O. The Balaban J connectivity index is 2.26. The van der Waals surface area contributed by atoms with Crippen LogP contribution in [0.5, 0.6) is 0 Å². The number of aliphatic hydroxyl groups excluding tert-OH is 1. The third-order valence-electron chi connectivity index (χ3n) is 3.05. The van der Waals surface area contributed by atoms with Gasteiger partial charge in [-0.2, -0.15) is 11.8 Å². The molecule has 0 aromatic rings. The van der Waals surface area contributed by atoms with Crippen LogP contribution in [0.15, 0.2) is 0 Å². The Bertz CT molecular complexity index is 154. The van der Waals surface area contributed by atoms with Gasteiger partial charge in [0.05, 0.1) is 6.10 Å². The smallest absolute Gasteiger partial charge is 0.0693 e. The maximum Gasteiger partial charge on any atom is 0.0693 e. The number of thioether (sulfide) groups is 1. The highest BCUT2D eigenvalue weighted by atomic mass is 32.2. The summed E-state index contributed by atoms with van der Waals surface area (Å²) in [6, 6.07) is 0.340. The quantitative estimate of drug-likeness (QED) is 0.707. The molecule has 0 amide bonds. The Kier molecular flexibility index (Phi) is 5.90. The highest BCUT2D eigenvalue weighted by Crippen LogP contribution is 2.18. The number of hydrogen-bond donors (Lipinski definition) is 2. The summed E-state index contributed by atoms with van der Waals surface area (Å²) < 4.78 is 0. The van der Waals surface area contributed by atoms with E-state index in [0.29, 0.717) is 11.3 Å². The maximum absolute atomic E-state index is 9.87. The number of nitrogens with one attached hydrogen (secondary N) is 1. The summed E-state index contributed by atoms with van der Waals surface area (Å²) in [4.78, 5) is 0. The molecule has 2 N–H and O–H groups in total. The molecule has 1 rings (SSSR count). The molecule has 2 nitrogen and oxygen atoms in total. The van der Waals surface area contributed by atoms with Crippen LogP contribution in [0.25, 0.3) is 0 Å². The molecule has 3 atom stereocenters. The first kappa shape index (κ1) is 12.3. The van der Waals surface area contributed by atoms with Gasteiger partial charge in [0.15, 0.2) is 0 Å². The van der Waals surface area contributed by atoms with Crippen LogP contribution in [0.1, 0.15) is 39.0 Å². The van der Waals surface area contributed by atoms with Crippen LogP contribution in [-0.4, -0.2) is 35.3 Å². The molecule has 0 spiro atoms. The van der Waals surface area contributed by atoms with Crippen LogP contribution in [0.2, 0.25) is 0 Å². The Morgan fingerprint density at radius 1 is 1.36 bits per heavy atom. The molecule has 84 valence electrons. The number of hydrogen-bond acceptors (Lipinski definition) is 3. The largest absolute Gasteiger partial charge is 0.392 e. The summed E-state index contributed by atoms with van der Waals surface area (Å²) in [6.45, 7) is 3.24. The average Bonchev–Trinajstić information content (AvgIpc) is 2.39. The minimum absolute atomic E-state index is 0.119. The zero-order chi connectivity index (χ0) is 10.4. The van der Waals surface area contributed by atoms with Crippen molar-refractivity contribution in [1.29, 1.82) is 0 Å². The minimum atomic E-state index is -0.119. The van der Waals surface area contributed by atoms with Crippen molar-refractivity contribution >= 4 is 11.8 Å². The molecular formula is C11H23NOS. The second kappa shape index (κ2) is 6.70. The molecule has 0 radical (unpaired) electrons. The van der Waals surface area contributed by atoms with Gasteiger partial charge in [-0.15, -0.1) is 0 Å². The summed E-state index contributed by atoms with van der Waals surface area (Å²) in [5.74, 6) is 0. The predicted molar refractivity (Wildman–Crippen MR) is 63.9 cm³/mol. The predicted octanol–water partition coefficient (Wildman–Crippen LogP) is 2.02. The van der Waals surface area contributed by atoms with Crippen molar-refractivity contribution in [2.45, 2.75) is 56.4 Å². The second-order valence-electron chi connectivity index (χ2n) is 4.27. The molecule has 14 heavy (non-hydrogen) atoms. The number of rotatable bonds is 4. The minimum Gasteiger partial charge on any atom is -0.392 e. The fraction of sp³-hybridized carbons (Fsp3) is 1.00. The van der Waals surface area contributed by atoms with Crippen LogP contribution in [-0.2, 0) is 0 Å². The van der Waals surface area contributed by atoms with Gasteiger partial charge in [-0.1, -0.05) is 26.2 Å². The highest BCUT2D eigenvalue weighted by molar-refractivity contribution is 7.99. The topological polar surface area (TPSA) is 32.3 Å². The van der Waals surface area contributed by atoms with E-state index in [1.807, 2.05) is 11.8 Å². The first-order valence-corrected chi connectivity index (χ1v) is 6.97. The van der Waals surface area contributed by atoms with E-state index in [1.54, 1.807) is 0 Å². The lowest BCUT2D eigenvalue weighted by Gasteiger charge is -2.23. The lowest BCUT2D eigenvalue weighted by molar-refractivity contribution is 0.120. The molecule has 0 aliphatic heterocycles. The van der Waals surface area contributed by atoms with Gasteiger partial charge < -0.3 is 10.4 Å². The monoisotopic (exact) mass is 217 g/mol. The van der Waals surface area contributed by atoms with Crippen LogP contribution < -0.4 is 5.32 Å². The summed E-state index contributed by atoms with van der Waals surface area (Å²) >= 11 is 1.88. The molecular weight excluding hydrogens is 194 g/mol. The normalized spacial score (nSPS) is 31.1. The second-order valence-corrected chi connectivity index (χ2v) is 5.54. The molecule has 1 fully saturated rings. The first-order chi connectivity index (χ1) is 6.74. The van der Waals surface area contributed by atoms with Gasteiger partial charge in [-0.05, 0) is 19.1 Å². The molecule has 1 aliphatic rings. The first-order valence-electron chi connectivity index (χ1n) is 5.68. The highest BCUT2D eigenvalue weighted by Gasteiger charge is 2.21. The van der Waals surface area contributed by atoms with Crippen molar-refractivity contribution in [1.82, 2.24) is 5.32 Å². The zero-order valence-electron chi connectivity index (χ0n) is 9.33. The molecule has 0 heterocycles. The Labute approximate surface area is 91.9 Å². The van der Waals surface area contributed by atoms with E-state index in [4.69, 9.17) is 0 Å². The maximum atomic E-state index is 9.87. The molecule has 0 saturated heterocycles. The van der Waals surface area contributed by atoms with E-state index in [1.165, 1.54) is 19.3 Å². The van der Waals surface area contributed by atoms with E-state index in [-0.39, 0.29) is 6.10 Å². The third-order valence-corrected chi connectivity index (χ3v) is 4.02. The van der Waals surface area contributed by atoms with Crippen molar-refractivity contribution in [3.8, 4) is 0 Å². The lowest BCUT2D eigenvalue weighted by atomic mass is 10.1. The van der Waals surface area contributed by atoms with E-state index in [0.717, 1.165) is 19.4 Å². The summed E-state index contributed by atoms with van der Waals surface area (Å²) in [6.07, 6.45) is 7.88. The van der Waals surface area contributed by atoms with Crippen LogP contribution >= 0.6 is 11.8 Å². The molecule has 3 heteroatoms. The van der Waals surface area contributed by atoms with Crippen molar-refractivity contribution in [2.75, 3.05) is 12.8 Å². The van der Waals surface area contributed by atoms with E-state index in [9.17, 15) is 5.11 Å². The Morgan fingerprint density at radius 2 is 2.07 bits per heavy atom. The molecule has 0 aromatic carbocycles. The van der Waals surface area contributed by atoms with Crippen molar-refractivity contribution < 1.29 is 5.11 Å². The Hall–Kier alpha value is 0.270. The number of aliphatic hydroxyl groups is 1. The van der Waals surface area contributed by atoms with Crippen LogP contribution in [0.3, 0.4) is 0 Å². The molecule has 0 aromatic heterocycles. The van der Waals surface area contributed by atoms with Crippen molar-refractivity contribution in [2.24, 2.45) is 0 Å². The molecule has 0 bridgehead atoms. The fourth-order valence-corrected chi connectivity index (χ4v) is 2.19. The van der Waals surface area contributed by atoms with Crippen LogP contribution in [0.4, 0.5) is 0 Å². The fourth-order valence-electron chi connectivity index (χ4n) is 1.93. The molecule has 1 saturated carbocycles. The lowest BCUT2D eigenvalue weighted by Crippen LogP contribution is -2.41. The summed E-state index contributed by atoms with van der Waals surface area (Å²) in [7, 11) is 0. The van der Waals surface area contributed by atoms with Gasteiger partial charge in [0, 0.05) is 17.8 Å². The summed E-state index contributed by atoms with van der Waals surface area (Å²) in [5, 5.41) is 14.0. The van der Waals surface area contributed by atoms with E-state index in [2.05, 4.69) is 18.5 Å². The van der Waals surface area contributed by atoms with Crippen molar-refractivity contribution in [3.05, 3.63) is 0 Å². The molecule has 3 unspecified atom stereocenters. The molecule has 1 aliphatic carbocycles.